The van der Waals surface area contributed by atoms with Crippen molar-refractivity contribution in [1.29, 1.82) is 0 Å². The second-order valence-electron chi connectivity index (χ2n) is 6.46. The lowest BCUT2D eigenvalue weighted by molar-refractivity contribution is -0.115. The van der Waals surface area contributed by atoms with Crippen LogP contribution in [0.3, 0.4) is 0 Å². The minimum Gasteiger partial charge on any atom is -0.489 e. The van der Waals surface area contributed by atoms with E-state index >= 15 is 0 Å². The summed E-state index contributed by atoms with van der Waals surface area (Å²) in [6.45, 7) is 3.19. The fourth-order valence-electron chi connectivity index (χ4n) is 2.87. The number of hydrogen-bond acceptors (Lipinski definition) is 3. The Labute approximate surface area is 164 Å². The Hall–Kier alpha value is -3.60. The molecular formula is C23H22N2O3. The van der Waals surface area contributed by atoms with Crippen LogP contribution >= 0.6 is 0 Å². The Balaban J connectivity index is 1.72. The lowest BCUT2D eigenvalue weighted by Crippen LogP contribution is -2.10. The zero-order valence-corrected chi connectivity index (χ0v) is 15.9. The van der Waals surface area contributed by atoms with E-state index in [2.05, 4.69) is 22.8 Å². The minimum absolute atomic E-state index is 0.177. The highest BCUT2D eigenvalue weighted by Gasteiger charge is 2.06. The van der Waals surface area contributed by atoms with Gasteiger partial charge >= 0.3 is 0 Å². The van der Waals surface area contributed by atoms with E-state index in [-0.39, 0.29) is 11.8 Å². The molecule has 0 fully saturated rings. The number of anilines is 2. The van der Waals surface area contributed by atoms with E-state index in [0.29, 0.717) is 18.0 Å². The summed E-state index contributed by atoms with van der Waals surface area (Å²) in [5, 5.41) is 5.47. The van der Waals surface area contributed by atoms with Gasteiger partial charge in [0.1, 0.15) is 12.4 Å². The lowest BCUT2D eigenvalue weighted by Gasteiger charge is -2.12. The zero-order chi connectivity index (χ0) is 19.9. The van der Waals surface area contributed by atoms with Crippen LogP contribution in [0.4, 0.5) is 11.4 Å². The Morgan fingerprint density at radius 3 is 1.82 bits per heavy atom. The number of nitrogens with one attached hydrogen (secondary N) is 2. The molecule has 0 saturated heterocycles. The maximum Gasteiger partial charge on any atom is 0.221 e. The smallest absolute Gasteiger partial charge is 0.221 e. The molecule has 3 rings (SSSR count). The highest BCUT2D eigenvalue weighted by molar-refractivity contribution is 5.92. The minimum atomic E-state index is -0.177. The summed E-state index contributed by atoms with van der Waals surface area (Å²) >= 11 is 0. The maximum absolute atomic E-state index is 11.4. The van der Waals surface area contributed by atoms with E-state index in [1.165, 1.54) is 13.8 Å². The molecule has 142 valence electrons. The van der Waals surface area contributed by atoms with Crippen LogP contribution in [-0.2, 0) is 16.2 Å². The van der Waals surface area contributed by atoms with Crippen LogP contribution in [0.15, 0.2) is 72.8 Å². The van der Waals surface area contributed by atoms with Crippen LogP contribution in [-0.4, -0.2) is 11.8 Å². The number of benzene rings is 3. The van der Waals surface area contributed by atoms with Gasteiger partial charge in [-0.25, -0.2) is 0 Å². The molecule has 0 heterocycles. The molecule has 0 aliphatic heterocycles. The molecule has 5 nitrogen and oxygen atoms in total. The quantitative estimate of drug-likeness (QED) is 0.648. The van der Waals surface area contributed by atoms with Gasteiger partial charge in [0.2, 0.25) is 11.8 Å². The molecule has 0 spiro atoms. The van der Waals surface area contributed by atoms with Gasteiger partial charge in [-0.15, -0.1) is 0 Å². The van der Waals surface area contributed by atoms with Crippen molar-refractivity contribution in [3.8, 4) is 16.9 Å². The normalized spacial score (nSPS) is 10.2. The third-order valence-corrected chi connectivity index (χ3v) is 4.00. The van der Waals surface area contributed by atoms with Gasteiger partial charge in [-0.05, 0) is 47.0 Å². The summed E-state index contributed by atoms with van der Waals surface area (Å²) < 4.78 is 5.88. The maximum atomic E-state index is 11.4. The molecule has 0 bridgehead atoms. The largest absolute Gasteiger partial charge is 0.489 e. The van der Waals surface area contributed by atoms with Gasteiger partial charge < -0.3 is 15.4 Å². The molecule has 2 N–H and O–H groups in total. The predicted molar refractivity (Wildman–Crippen MR) is 111 cm³/mol. The van der Waals surface area contributed by atoms with Gasteiger partial charge in [-0.3, -0.25) is 9.59 Å². The first-order chi connectivity index (χ1) is 13.5. The van der Waals surface area contributed by atoms with Gasteiger partial charge in [0, 0.05) is 25.2 Å². The van der Waals surface area contributed by atoms with E-state index in [0.717, 1.165) is 22.4 Å². The van der Waals surface area contributed by atoms with Crippen molar-refractivity contribution in [3.05, 3.63) is 78.4 Å². The molecule has 0 radical (unpaired) electrons. The molecule has 0 unspecified atom stereocenters. The second-order valence-corrected chi connectivity index (χ2v) is 6.46. The molecule has 0 atom stereocenters. The van der Waals surface area contributed by atoms with Crippen LogP contribution in [0, 0.1) is 0 Å². The predicted octanol–water partition coefficient (Wildman–Crippen LogP) is 4.85. The number of rotatable bonds is 6. The summed E-state index contributed by atoms with van der Waals surface area (Å²) in [7, 11) is 0. The molecule has 0 aliphatic rings. The molecule has 2 amide bonds. The van der Waals surface area contributed by atoms with Gasteiger partial charge in [-0.2, -0.15) is 0 Å². The van der Waals surface area contributed by atoms with E-state index in [1.54, 1.807) is 6.07 Å². The highest BCUT2D eigenvalue weighted by atomic mass is 16.5. The molecule has 0 aromatic heterocycles. The third kappa shape index (κ3) is 5.45. The number of hydrogen-bond donors (Lipinski definition) is 2. The van der Waals surface area contributed by atoms with Crippen molar-refractivity contribution >= 4 is 23.2 Å². The first kappa shape index (κ1) is 19.2. The van der Waals surface area contributed by atoms with Crippen molar-refractivity contribution in [2.24, 2.45) is 0 Å². The summed E-state index contributed by atoms with van der Waals surface area (Å²) in [4.78, 5) is 22.7. The van der Waals surface area contributed by atoms with Crippen LogP contribution < -0.4 is 15.4 Å². The molecule has 3 aromatic carbocycles. The molecule has 0 aliphatic carbocycles. The fraction of sp³-hybridized carbons (Fsp3) is 0.130. The third-order valence-electron chi connectivity index (χ3n) is 4.00. The highest BCUT2D eigenvalue weighted by Crippen LogP contribution is 2.24. The van der Waals surface area contributed by atoms with Crippen molar-refractivity contribution < 1.29 is 14.3 Å². The van der Waals surface area contributed by atoms with Gasteiger partial charge in [0.15, 0.2) is 0 Å². The summed E-state index contributed by atoms with van der Waals surface area (Å²) in [6, 6.07) is 23.4. The van der Waals surface area contributed by atoms with Crippen molar-refractivity contribution in [3.63, 3.8) is 0 Å². The van der Waals surface area contributed by atoms with Gasteiger partial charge in [0.05, 0.1) is 0 Å². The average molecular weight is 374 g/mol. The summed E-state index contributed by atoms with van der Waals surface area (Å²) in [6.07, 6.45) is 0. The number of carbonyl (C=O) groups excluding carboxylic acids is 2. The molecule has 5 heteroatoms. The summed E-state index contributed by atoms with van der Waals surface area (Å²) in [5.74, 6) is 0.386. The Kier molecular flexibility index (Phi) is 6.07. The van der Waals surface area contributed by atoms with Crippen LogP contribution in [0.5, 0.6) is 5.75 Å². The first-order valence-corrected chi connectivity index (χ1v) is 8.97. The molecular weight excluding hydrogens is 352 g/mol. The van der Waals surface area contributed by atoms with Crippen LogP contribution in [0.1, 0.15) is 19.4 Å². The van der Waals surface area contributed by atoms with Crippen LogP contribution in [0.25, 0.3) is 11.1 Å². The van der Waals surface area contributed by atoms with Crippen molar-refractivity contribution in [1.82, 2.24) is 0 Å². The number of amides is 2. The van der Waals surface area contributed by atoms with E-state index < -0.39 is 0 Å². The van der Waals surface area contributed by atoms with Crippen LogP contribution in [0.2, 0.25) is 0 Å². The second kappa shape index (κ2) is 8.86. The standard InChI is InChI=1S/C23H22N2O3/c1-16(26)24-21-12-18(13-22(14-21)25-17(2)27)15-28-23-10-8-20(9-11-23)19-6-4-3-5-7-19/h3-14H,15H2,1-2H3,(H,24,26)(H,25,27). The SMILES string of the molecule is CC(=O)Nc1cc(COc2ccc(-c3ccccc3)cc2)cc(NC(C)=O)c1. The average Bonchev–Trinajstić information content (AvgIpc) is 2.66. The van der Waals surface area contributed by atoms with Crippen molar-refractivity contribution in [2.45, 2.75) is 20.5 Å². The van der Waals surface area contributed by atoms with E-state index in [4.69, 9.17) is 4.74 Å². The Morgan fingerprint density at radius 1 is 0.750 bits per heavy atom. The number of carbonyl (C=O) groups is 2. The number of ether oxygens (including phenoxy) is 1. The Morgan fingerprint density at radius 2 is 1.29 bits per heavy atom. The first-order valence-electron chi connectivity index (χ1n) is 8.97. The monoisotopic (exact) mass is 374 g/mol. The van der Waals surface area contributed by atoms with E-state index in [1.807, 2.05) is 54.6 Å². The van der Waals surface area contributed by atoms with Gasteiger partial charge in [-0.1, -0.05) is 42.5 Å². The summed E-state index contributed by atoms with van der Waals surface area (Å²) in [5.41, 5.74) is 4.32. The molecule has 3 aromatic rings. The Bertz CT molecular complexity index is 933. The van der Waals surface area contributed by atoms with Crippen molar-refractivity contribution in [2.75, 3.05) is 10.6 Å². The van der Waals surface area contributed by atoms with E-state index in [9.17, 15) is 9.59 Å². The molecule has 0 saturated carbocycles. The topological polar surface area (TPSA) is 67.4 Å². The molecule has 28 heavy (non-hydrogen) atoms. The fourth-order valence-corrected chi connectivity index (χ4v) is 2.87. The lowest BCUT2D eigenvalue weighted by atomic mass is 10.1. The van der Waals surface area contributed by atoms with Gasteiger partial charge in [0.25, 0.3) is 0 Å². The zero-order valence-electron chi connectivity index (χ0n) is 15.9.